The second-order valence-electron chi connectivity index (χ2n) is 6.59. The Hall–Kier alpha value is -0.570. The Kier molecular flexibility index (Phi) is 3.35. The molecule has 2 saturated carbocycles. The monoisotopic (exact) mass is 250 g/mol. The number of rotatable bonds is 4. The minimum Gasteiger partial charge on any atom is -0.353 e. The van der Waals surface area contributed by atoms with Crippen molar-refractivity contribution in [1.29, 1.82) is 0 Å². The molecule has 2 aliphatic carbocycles. The van der Waals surface area contributed by atoms with Gasteiger partial charge in [-0.3, -0.25) is 4.79 Å². The second-order valence-corrected chi connectivity index (χ2v) is 6.59. The van der Waals surface area contributed by atoms with Crippen LogP contribution in [0.3, 0.4) is 0 Å². The zero-order valence-electron chi connectivity index (χ0n) is 11.5. The summed E-state index contributed by atoms with van der Waals surface area (Å²) in [6.45, 7) is 4.19. The van der Waals surface area contributed by atoms with Gasteiger partial charge in [0.2, 0.25) is 5.91 Å². The van der Waals surface area contributed by atoms with Crippen LogP contribution in [0.2, 0.25) is 0 Å². The number of hydrogen-bond donors (Lipinski definition) is 2. The van der Waals surface area contributed by atoms with Crippen LogP contribution in [0.5, 0.6) is 0 Å². The van der Waals surface area contributed by atoms with Crippen molar-refractivity contribution in [2.24, 2.45) is 17.3 Å². The molecule has 0 radical (unpaired) electrons. The van der Waals surface area contributed by atoms with E-state index < -0.39 is 0 Å². The topological polar surface area (TPSA) is 41.1 Å². The van der Waals surface area contributed by atoms with Crippen molar-refractivity contribution in [1.82, 2.24) is 10.6 Å². The van der Waals surface area contributed by atoms with Gasteiger partial charge in [0.15, 0.2) is 0 Å². The van der Waals surface area contributed by atoms with Gasteiger partial charge in [0.25, 0.3) is 0 Å². The van der Waals surface area contributed by atoms with E-state index in [1.54, 1.807) is 0 Å². The van der Waals surface area contributed by atoms with Gasteiger partial charge in [0, 0.05) is 12.6 Å². The third kappa shape index (κ3) is 2.07. The van der Waals surface area contributed by atoms with E-state index in [0.29, 0.717) is 17.9 Å². The van der Waals surface area contributed by atoms with Crippen LogP contribution in [-0.4, -0.2) is 25.0 Å². The maximum absolute atomic E-state index is 12.7. The molecule has 3 heteroatoms. The molecule has 4 atom stereocenters. The van der Waals surface area contributed by atoms with Gasteiger partial charge >= 0.3 is 0 Å². The zero-order chi connectivity index (χ0) is 12.6. The Bertz CT molecular complexity index is 330. The lowest BCUT2D eigenvalue weighted by atomic mass is 9.67. The smallest absolute Gasteiger partial charge is 0.228 e. The van der Waals surface area contributed by atoms with Gasteiger partial charge in [-0.05, 0) is 44.1 Å². The number of carbonyl (C=O) groups excluding carboxylic acids is 1. The lowest BCUT2D eigenvalue weighted by Gasteiger charge is -2.37. The molecule has 3 fully saturated rings. The van der Waals surface area contributed by atoms with Crippen molar-refractivity contribution in [2.45, 2.75) is 57.9 Å². The van der Waals surface area contributed by atoms with E-state index in [0.717, 1.165) is 25.4 Å². The van der Waals surface area contributed by atoms with E-state index in [4.69, 9.17) is 0 Å². The SMILES string of the molecule is CCCC1CC1NC(=O)[C@@]12CCCC[C@H]1CNC2. The highest BCUT2D eigenvalue weighted by Crippen LogP contribution is 2.45. The van der Waals surface area contributed by atoms with Crippen LogP contribution in [0, 0.1) is 17.3 Å². The van der Waals surface area contributed by atoms with Gasteiger partial charge in [0.05, 0.1) is 5.41 Å². The summed E-state index contributed by atoms with van der Waals surface area (Å²) in [5, 5.41) is 6.80. The third-order valence-corrected chi connectivity index (χ3v) is 5.39. The Labute approximate surface area is 110 Å². The number of nitrogens with one attached hydrogen (secondary N) is 2. The number of carbonyl (C=O) groups is 1. The van der Waals surface area contributed by atoms with Gasteiger partial charge < -0.3 is 10.6 Å². The summed E-state index contributed by atoms with van der Waals surface area (Å²) in [6, 6.07) is 0.495. The van der Waals surface area contributed by atoms with Crippen molar-refractivity contribution in [3.8, 4) is 0 Å². The minimum atomic E-state index is -0.0579. The van der Waals surface area contributed by atoms with E-state index in [9.17, 15) is 4.79 Å². The molecule has 1 aliphatic heterocycles. The van der Waals surface area contributed by atoms with E-state index in [1.807, 2.05) is 0 Å². The summed E-state index contributed by atoms with van der Waals surface area (Å²) in [4.78, 5) is 12.7. The predicted molar refractivity (Wildman–Crippen MR) is 72.2 cm³/mol. The molecule has 3 rings (SSSR count). The first-order valence-corrected chi connectivity index (χ1v) is 7.78. The average Bonchev–Trinajstić information content (AvgIpc) is 2.94. The Morgan fingerprint density at radius 2 is 2.33 bits per heavy atom. The molecular weight excluding hydrogens is 224 g/mol. The minimum absolute atomic E-state index is 0.0579. The van der Waals surface area contributed by atoms with Crippen LogP contribution in [0.1, 0.15) is 51.9 Å². The highest BCUT2D eigenvalue weighted by molar-refractivity contribution is 5.84. The highest BCUT2D eigenvalue weighted by atomic mass is 16.2. The normalized spacial score (nSPS) is 42.4. The fourth-order valence-electron chi connectivity index (χ4n) is 4.12. The molecule has 0 aromatic heterocycles. The maximum Gasteiger partial charge on any atom is 0.228 e. The average molecular weight is 250 g/mol. The van der Waals surface area contributed by atoms with E-state index in [-0.39, 0.29) is 5.41 Å². The van der Waals surface area contributed by atoms with Gasteiger partial charge in [-0.2, -0.15) is 0 Å². The summed E-state index contributed by atoms with van der Waals surface area (Å²) in [5.41, 5.74) is -0.0579. The first-order chi connectivity index (χ1) is 8.76. The first kappa shape index (κ1) is 12.5. The van der Waals surface area contributed by atoms with E-state index in [1.165, 1.54) is 38.5 Å². The van der Waals surface area contributed by atoms with Crippen molar-refractivity contribution in [3.63, 3.8) is 0 Å². The standard InChI is InChI=1S/C15H26N2O/c1-2-5-11-8-13(11)17-14(18)15-7-4-3-6-12(15)9-16-10-15/h11-13,16H,2-10H2,1H3,(H,17,18)/t11?,12-,13?,15+/m0/s1. The largest absolute Gasteiger partial charge is 0.353 e. The maximum atomic E-state index is 12.7. The van der Waals surface area contributed by atoms with Crippen molar-refractivity contribution < 1.29 is 4.79 Å². The molecule has 0 aromatic carbocycles. The van der Waals surface area contributed by atoms with E-state index >= 15 is 0 Å². The fraction of sp³-hybridized carbons (Fsp3) is 0.933. The first-order valence-electron chi connectivity index (χ1n) is 7.78. The molecule has 1 saturated heterocycles. The van der Waals surface area contributed by atoms with Crippen LogP contribution in [-0.2, 0) is 4.79 Å². The lowest BCUT2D eigenvalue weighted by Crippen LogP contribution is -2.48. The van der Waals surface area contributed by atoms with Crippen molar-refractivity contribution >= 4 is 5.91 Å². The van der Waals surface area contributed by atoms with Gasteiger partial charge in [0.1, 0.15) is 0 Å². The molecule has 0 aromatic rings. The predicted octanol–water partition coefficient (Wildman–Crippen LogP) is 2.07. The molecule has 1 amide bonds. The molecule has 18 heavy (non-hydrogen) atoms. The number of hydrogen-bond acceptors (Lipinski definition) is 2. The zero-order valence-corrected chi connectivity index (χ0v) is 11.5. The van der Waals surface area contributed by atoms with Crippen LogP contribution in [0.4, 0.5) is 0 Å². The fourth-order valence-corrected chi connectivity index (χ4v) is 4.12. The molecule has 0 spiro atoms. The number of fused-ring (bicyclic) bond motifs is 1. The Morgan fingerprint density at radius 3 is 3.17 bits per heavy atom. The van der Waals surface area contributed by atoms with Crippen LogP contribution in [0.15, 0.2) is 0 Å². The molecule has 2 unspecified atom stereocenters. The van der Waals surface area contributed by atoms with Crippen molar-refractivity contribution in [3.05, 3.63) is 0 Å². The summed E-state index contributed by atoms with van der Waals surface area (Å²) < 4.78 is 0. The summed E-state index contributed by atoms with van der Waals surface area (Å²) >= 11 is 0. The molecule has 1 heterocycles. The summed E-state index contributed by atoms with van der Waals surface area (Å²) in [7, 11) is 0. The van der Waals surface area contributed by atoms with Crippen LogP contribution >= 0.6 is 0 Å². The molecular formula is C15H26N2O. The molecule has 2 N–H and O–H groups in total. The molecule has 3 nitrogen and oxygen atoms in total. The van der Waals surface area contributed by atoms with E-state index in [2.05, 4.69) is 17.6 Å². The Balaban J connectivity index is 1.61. The van der Waals surface area contributed by atoms with Crippen LogP contribution < -0.4 is 10.6 Å². The molecule has 102 valence electrons. The molecule has 3 aliphatic rings. The van der Waals surface area contributed by atoms with Gasteiger partial charge in [-0.1, -0.05) is 26.2 Å². The lowest BCUT2D eigenvalue weighted by molar-refractivity contribution is -0.134. The molecule has 0 bridgehead atoms. The summed E-state index contributed by atoms with van der Waals surface area (Å²) in [5.74, 6) is 1.72. The number of amides is 1. The van der Waals surface area contributed by atoms with Crippen LogP contribution in [0.25, 0.3) is 0 Å². The van der Waals surface area contributed by atoms with Gasteiger partial charge in [-0.25, -0.2) is 0 Å². The quantitative estimate of drug-likeness (QED) is 0.802. The highest BCUT2D eigenvalue weighted by Gasteiger charge is 2.51. The summed E-state index contributed by atoms with van der Waals surface area (Å²) in [6.07, 6.45) is 8.61. The van der Waals surface area contributed by atoms with Crippen molar-refractivity contribution in [2.75, 3.05) is 13.1 Å². The second kappa shape index (κ2) is 4.84. The Morgan fingerprint density at radius 1 is 1.44 bits per heavy atom. The van der Waals surface area contributed by atoms with Gasteiger partial charge in [-0.15, -0.1) is 0 Å². The third-order valence-electron chi connectivity index (χ3n) is 5.39.